The molecule has 2 bridgehead atoms. The van der Waals surface area contributed by atoms with Crippen molar-refractivity contribution in [3.63, 3.8) is 0 Å². The largest absolute Gasteiger partial charge is 0.454 e. The molecule has 0 saturated carbocycles. The second kappa shape index (κ2) is 6.81. The van der Waals surface area contributed by atoms with E-state index in [-0.39, 0.29) is 24.7 Å². The van der Waals surface area contributed by atoms with Gasteiger partial charge in [-0.05, 0) is 29.3 Å². The SMILES string of the molecule is O=C(NCc1cccnc1)C1C2C(=O)N(Cc3ccc4c(c3)OCO4)CC23C=C[C@@H]1O3. The van der Waals surface area contributed by atoms with Gasteiger partial charge in [0.15, 0.2) is 11.5 Å². The van der Waals surface area contributed by atoms with E-state index in [0.717, 1.165) is 11.1 Å². The summed E-state index contributed by atoms with van der Waals surface area (Å²) in [6.07, 6.45) is 6.92. The highest BCUT2D eigenvalue weighted by Gasteiger charge is 2.66. The number of hydrogen-bond acceptors (Lipinski definition) is 6. The summed E-state index contributed by atoms with van der Waals surface area (Å²) in [5, 5.41) is 2.95. The van der Waals surface area contributed by atoms with Crippen LogP contribution in [-0.4, -0.2) is 46.7 Å². The fourth-order valence-corrected chi connectivity index (χ4v) is 5.08. The van der Waals surface area contributed by atoms with Crippen molar-refractivity contribution in [2.75, 3.05) is 13.3 Å². The summed E-state index contributed by atoms with van der Waals surface area (Å²) in [4.78, 5) is 32.2. The number of nitrogens with one attached hydrogen (secondary N) is 1. The number of nitrogens with zero attached hydrogens (tertiary/aromatic N) is 2. The number of rotatable bonds is 5. The molecule has 3 unspecified atom stereocenters. The zero-order valence-electron chi connectivity index (χ0n) is 16.7. The number of aromatic nitrogens is 1. The lowest BCUT2D eigenvalue weighted by molar-refractivity contribution is -0.137. The van der Waals surface area contributed by atoms with E-state index in [1.165, 1.54) is 0 Å². The number of carbonyl (C=O) groups excluding carboxylic acids is 2. The third kappa shape index (κ3) is 2.90. The van der Waals surface area contributed by atoms with Gasteiger partial charge in [0.05, 0.1) is 24.5 Å². The minimum absolute atomic E-state index is 0.0500. The zero-order chi connectivity index (χ0) is 21.0. The van der Waals surface area contributed by atoms with E-state index in [0.29, 0.717) is 31.1 Å². The molecule has 4 atom stereocenters. The van der Waals surface area contributed by atoms with E-state index in [1.54, 1.807) is 17.3 Å². The van der Waals surface area contributed by atoms with Crippen LogP contribution < -0.4 is 14.8 Å². The third-order valence-corrected chi connectivity index (χ3v) is 6.48. The van der Waals surface area contributed by atoms with Crippen molar-refractivity contribution in [3.05, 3.63) is 66.0 Å². The molecule has 1 spiro atoms. The Bertz CT molecular complexity index is 1090. The molecule has 4 aliphatic heterocycles. The summed E-state index contributed by atoms with van der Waals surface area (Å²) >= 11 is 0. The normalized spacial score (nSPS) is 29.5. The number of fused-ring (bicyclic) bond motifs is 2. The molecule has 158 valence electrons. The highest BCUT2D eigenvalue weighted by Crippen LogP contribution is 2.52. The van der Waals surface area contributed by atoms with Gasteiger partial charge in [0, 0.05) is 25.5 Å². The van der Waals surface area contributed by atoms with Crippen LogP contribution in [0.2, 0.25) is 0 Å². The van der Waals surface area contributed by atoms with Crippen molar-refractivity contribution >= 4 is 11.8 Å². The minimum Gasteiger partial charge on any atom is -0.454 e. The van der Waals surface area contributed by atoms with Gasteiger partial charge in [0.1, 0.15) is 5.60 Å². The van der Waals surface area contributed by atoms with Gasteiger partial charge < -0.3 is 24.4 Å². The van der Waals surface area contributed by atoms with E-state index < -0.39 is 17.4 Å². The Morgan fingerprint density at radius 1 is 1.23 bits per heavy atom. The Morgan fingerprint density at radius 3 is 3.00 bits per heavy atom. The standard InChI is InChI=1S/C23H21N3O5/c27-21(25-10-15-2-1-7-24-9-15)19-17-5-6-23(31-17)12-26(22(28)20(19)23)11-14-3-4-16-18(8-14)30-13-29-16/h1-9,17,19-20H,10-13H2,(H,25,27)/t17-,19?,20?,23?/m0/s1. The van der Waals surface area contributed by atoms with E-state index in [4.69, 9.17) is 14.2 Å². The molecule has 8 heteroatoms. The van der Waals surface area contributed by atoms with Gasteiger partial charge in [0.25, 0.3) is 0 Å². The number of amides is 2. The summed E-state index contributed by atoms with van der Waals surface area (Å²) in [5.74, 6) is 0.144. The van der Waals surface area contributed by atoms with Crippen molar-refractivity contribution < 1.29 is 23.8 Å². The summed E-state index contributed by atoms with van der Waals surface area (Å²) in [6, 6.07) is 9.41. The van der Waals surface area contributed by atoms with E-state index in [1.807, 2.05) is 42.5 Å². The van der Waals surface area contributed by atoms with Crippen LogP contribution in [0.1, 0.15) is 11.1 Å². The van der Waals surface area contributed by atoms with Crippen molar-refractivity contribution in [1.82, 2.24) is 15.2 Å². The Kier molecular flexibility index (Phi) is 4.04. The van der Waals surface area contributed by atoms with E-state index >= 15 is 0 Å². The molecular weight excluding hydrogens is 398 g/mol. The quantitative estimate of drug-likeness (QED) is 0.737. The lowest BCUT2D eigenvalue weighted by atomic mass is 9.77. The fourth-order valence-electron chi connectivity index (χ4n) is 5.08. The van der Waals surface area contributed by atoms with Crippen LogP contribution in [0.5, 0.6) is 11.5 Å². The maximum Gasteiger partial charge on any atom is 0.231 e. The highest BCUT2D eigenvalue weighted by atomic mass is 16.7. The van der Waals surface area contributed by atoms with E-state index in [9.17, 15) is 9.59 Å². The first kappa shape index (κ1) is 18.4. The van der Waals surface area contributed by atoms with Crippen molar-refractivity contribution in [3.8, 4) is 11.5 Å². The first-order valence-corrected chi connectivity index (χ1v) is 10.3. The molecule has 1 aromatic heterocycles. The Balaban J connectivity index is 1.19. The average Bonchev–Trinajstić information content (AvgIpc) is 3.54. The Morgan fingerprint density at radius 2 is 2.13 bits per heavy atom. The molecule has 0 radical (unpaired) electrons. The molecule has 2 fully saturated rings. The van der Waals surface area contributed by atoms with Crippen molar-refractivity contribution in [2.45, 2.75) is 24.8 Å². The van der Waals surface area contributed by atoms with Gasteiger partial charge in [0.2, 0.25) is 18.6 Å². The Labute approximate surface area is 178 Å². The summed E-state index contributed by atoms with van der Waals surface area (Å²) in [7, 11) is 0. The van der Waals surface area contributed by atoms with Gasteiger partial charge in [-0.3, -0.25) is 14.6 Å². The molecule has 8 nitrogen and oxygen atoms in total. The molecule has 31 heavy (non-hydrogen) atoms. The molecule has 5 heterocycles. The van der Waals surface area contributed by atoms with Crippen molar-refractivity contribution in [1.29, 1.82) is 0 Å². The topological polar surface area (TPSA) is 90.0 Å². The van der Waals surface area contributed by atoms with Crippen LogP contribution >= 0.6 is 0 Å². The average molecular weight is 419 g/mol. The van der Waals surface area contributed by atoms with Crippen LogP contribution in [0.3, 0.4) is 0 Å². The van der Waals surface area contributed by atoms with Crippen LogP contribution in [0, 0.1) is 11.8 Å². The number of benzene rings is 1. The van der Waals surface area contributed by atoms with Crippen molar-refractivity contribution in [2.24, 2.45) is 11.8 Å². The maximum absolute atomic E-state index is 13.4. The number of carbonyl (C=O) groups is 2. The van der Waals surface area contributed by atoms with E-state index in [2.05, 4.69) is 10.3 Å². The number of ether oxygens (including phenoxy) is 3. The predicted octanol–water partition coefficient (Wildman–Crippen LogP) is 1.41. The first-order valence-electron chi connectivity index (χ1n) is 10.3. The second-order valence-corrected chi connectivity index (χ2v) is 8.36. The van der Waals surface area contributed by atoms with Gasteiger partial charge in [-0.1, -0.05) is 24.3 Å². The summed E-state index contributed by atoms with van der Waals surface area (Å²) in [5.41, 5.74) is 1.13. The smallest absolute Gasteiger partial charge is 0.231 e. The summed E-state index contributed by atoms with van der Waals surface area (Å²) in [6.45, 7) is 1.45. The number of likely N-dealkylation sites (tertiary alicyclic amines) is 1. The summed E-state index contributed by atoms with van der Waals surface area (Å²) < 4.78 is 17.0. The van der Waals surface area contributed by atoms with Crippen LogP contribution in [0.4, 0.5) is 0 Å². The molecule has 4 aliphatic rings. The number of pyridine rings is 1. The second-order valence-electron chi connectivity index (χ2n) is 8.36. The predicted molar refractivity (Wildman–Crippen MR) is 108 cm³/mol. The molecule has 0 aliphatic carbocycles. The zero-order valence-corrected chi connectivity index (χ0v) is 16.7. The molecular formula is C23H21N3O5. The number of hydrogen-bond donors (Lipinski definition) is 1. The lowest BCUT2D eigenvalue weighted by Gasteiger charge is -2.23. The monoisotopic (exact) mass is 419 g/mol. The Hall–Kier alpha value is -3.39. The molecule has 2 amide bonds. The van der Waals surface area contributed by atoms with Crippen LogP contribution in [0.15, 0.2) is 54.9 Å². The molecule has 2 saturated heterocycles. The molecule has 2 aromatic rings. The molecule has 1 N–H and O–H groups in total. The first-order chi connectivity index (χ1) is 15.1. The van der Waals surface area contributed by atoms with Crippen LogP contribution in [-0.2, 0) is 27.4 Å². The molecule has 1 aromatic carbocycles. The van der Waals surface area contributed by atoms with Gasteiger partial charge in [-0.2, -0.15) is 0 Å². The highest BCUT2D eigenvalue weighted by molar-refractivity contribution is 5.93. The van der Waals surface area contributed by atoms with Crippen LogP contribution in [0.25, 0.3) is 0 Å². The van der Waals surface area contributed by atoms with Gasteiger partial charge >= 0.3 is 0 Å². The lowest BCUT2D eigenvalue weighted by Crippen LogP contribution is -2.43. The molecule has 6 rings (SSSR count). The minimum atomic E-state index is -0.728. The maximum atomic E-state index is 13.4. The van der Waals surface area contributed by atoms with Gasteiger partial charge in [-0.25, -0.2) is 0 Å². The third-order valence-electron chi connectivity index (χ3n) is 6.48. The van der Waals surface area contributed by atoms with Gasteiger partial charge in [-0.15, -0.1) is 0 Å². The fraction of sp³-hybridized carbons (Fsp3) is 0.348.